The molecule has 31 heavy (non-hydrogen) atoms. The molecule has 0 aliphatic carbocycles. The predicted molar refractivity (Wildman–Crippen MR) is 123 cm³/mol. The number of H-pyrrole nitrogens is 1. The summed E-state index contributed by atoms with van der Waals surface area (Å²) in [5.74, 6) is 6.37. The number of benzene rings is 1. The molecule has 3 aromatic rings. The third-order valence-corrected chi connectivity index (χ3v) is 6.14. The average Bonchev–Trinajstić information content (AvgIpc) is 3.46. The Bertz CT molecular complexity index is 1070. The Morgan fingerprint density at radius 1 is 1.26 bits per heavy atom. The summed E-state index contributed by atoms with van der Waals surface area (Å²) >= 11 is 1.65. The van der Waals surface area contributed by atoms with E-state index in [9.17, 15) is 4.79 Å². The Kier molecular flexibility index (Phi) is 6.85. The highest BCUT2D eigenvalue weighted by Gasteiger charge is 2.23. The first kappa shape index (κ1) is 20.9. The standard InChI is InChI=1S/C23H25N5O2S/c1-2-3-14-30-23(29)24-16-18-15-19(27-26-18)20-21(28-12-8-5-9-13-28)25-22(31-20)17-10-6-4-7-11-17/h4,6-7,10-11,15H,5,8-9,12-14,16H2,1H3,(H,24,29)(H,26,27). The second-order valence-corrected chi connectivity index (χ2v) is 8.22. The lowest BCUT2D eigenvalue weighted by Gasteiger charge is -2.27. The SMILES string of the molecule is CC#CCOC(=O)NCc1cc(-c2sc(-c3ccccc3)nc2N2CCCCC2)n[nH]1. The summed E-state index contributed by atoms with van der Waals surface area (Å²) in [5.41, 5.74) is 2.74. The van der Waals surface area contributed by atoms with E-state index < -0.39 is 6.09 Å². The maximum Gasteiger partial charge on any atom is 0.408 e. The Balaban J connectivity index is 1.54. The molecule has 1 amide bonds. The number of amides is 1. The predicted octanol–water partition coefficient (Wildman–Crippen LogP) is 4.44. The van der Waals surface area contributed by atoms with Crippen LogP contribution in [0.2, 0.25) is 0 Å². The third kappa shape index (κ3) is 5.25. The number of ether oxygens (including phenoxy) is 1. The van der Waals surface area contributed by atoms with Gasteiger partial charge in [-0.25, -0.2) is 9.78 Å². The van der Waals surface area contributed by atoms with Crippen LogP contribution in [0.3, 0.4) is 0 Å². The van der Waals surface area contributed by atoms with Crippen molar-refractivity contribution in [1.82, 2.24) is 20.5 Å². The van der Waals surface area contributed by atoms with Crippen molar-refractivity contribution in [3.8, 4) is 33.0 Å². The van der Waals surface area contributed by atoms with E-state index in [1.54, 1.807) is 18.3 Å². The number of hydrogen-bond donors (Lipinski definition) is 2. The Morgan fingerprint density at radius 3 is 2.84 bits per heavy atom. The Hall–Kier alpha value is -3.31. The van der Waals surface area contributed by atoms with Gasteiger partial charge in [0.25, 0.3) is 0 Å². The average molecular weight is 436 g/mol. The molecule has 0 unspecified atom stereocenters. The lowest BCUT2D eigenvalue weighted by molar-refractivity contribution is 0.159. The van der Waals surface area contributed by atoms with Gasteiger partial charge in [-0.1, -0.05) is 36.3 Å². The minimum absolute atomic E-state index is 0.0822. The molecule has 0 bridgehead atoms. The van der Waals surface area contributed by atoms with Gasteiger partial charge in [0.15, 0.2) is 6.61 Å². The van der Waals surface area contributed by atoms with E-state index in [4.69, 9.17) is 9.72 Å². The zero-order valence-electron chi connectivity index (χ0n) is 17.5. The van der Waals surface area contributed by atoms with Crippen LogP contribution >= 0.6 is 11.3 Å². The van der Waals surface area contributed by atoms with Crippen LogP contribution in [0.4, 0.5) is 10.6 Å². The van der Waals surface area contributed by atoms with Crippen molar-refractivity contribution in [2.24, 2.45) is 0 Å². The summed E-state index contributed by atoms with van der Waals surface area (Å²) in [4.78, 5) is 20.1. The number of thiazole rings is 1. The summed E-state index contributed by atoms with van der Waals surface area (Å²) in [6.45, 7) is 4.11. The van der Waals surface area contributed by atoms with Crippen molar-refractivity contribution >= 4 is 23.2 Å². The van der Waals surface area contributed by atoms with Gasteiger partial charge in [0.05, 0.1) is 17.1 Å². The maximum absolute atomic E-state index is 11.7. The van der Waals surface area contributed by atoms with Gasteiger partial charge in [-0.2, -0.15) is 5.10 Å². The lowest BCUT2D eigenvalue weighted by atomic mass is 10.1. The first-order chi connectivity index (χ1) is 15.2. The summed E-state index contributed by atoms with van der Waals surface area (Å²) < 4.78 is 4.97. The van der Waals surface area contributed by atoms with E-state index in [-0.39, 0.29) is 6.61 Å². The molecule has 1 aliphatic heterocycles. The molecule has 8 heteroatoms. The van der Waals surface area contributed by atoms with Crippen LogP contribution in [0.1, 0.15) is 31.9 Å². The monoisotopic (exact) mass is 435 g/mol. The number of aromatic nitrogens is 3. The molecule has 160 valence electrons. The zero-order valence-corrected chi connectivity index (χ0v) is 18.3. The van der Waals surface area contributed by atoms with E-state index >= 15 is 0 Å². The highest BCUT2D eigenvalue weighted by molar-refractivity contribution is 7.19. The molecule has 2 aromatic heterocycles. The van der Waals surface area contributed by atoms with Gasteiger partial charge in [0.1, 0.15) is 16.5 Å². The number of carbonyl (C=O) groups excluding carboxylic acids is 1. The molecule has 1 aliphatic rings. The lowest BCUT2D eigenvalue weighted by Crippen LogP contribution is -2.30. The van der Waals surface area contributed by atoms with Crippen LogP contribution in [0.15, 0.2) is 36.4 Å². The smallest absolute Gasteiger partial charge is 0.408 e. The van der Waals surface area contributed by atoms with E-state index in [0.717, 1.165) is 45.7 Å². The molecule has 3 heterocycles. The number of nitrogens with zero attached hydrogens (tertiary/aromatic N) is 3. The van der Waals surface area contributed by atoms with Crippen molar-refractivity contribution in [1.29, 1.82) is 0 Å². The highest BCUT2D eigenvalue weighted by atomic mass is 32.1. The van der Waals surface area contributed by atoms with Crippen LogP contribution < -0.4 is 10.2 Å². The van der Waals surface area contributed by atoms with Crippen LogP contribution in [0.25, 0.3) is 21.1 Å². The molecule has 0 saturated carbocycles. The fraction of sp³-hybridized carbons (Fsp3) is 0.348. The second kappa shape index (κ2) is 10.1. The van der Waals surface area contributed by atoms with Gasteiger partial charge in [0, 0.05) is 18.7 Å². The molecule has 1 fully saturated rings. The second-order valence-electron chi connectivity index (χ2n) is 7.22. The van der Waals surface area contributed by atoms with Crippen LogP contribution in [0.5, 0.6) is 0 Å². The third-order valence-electron chi connectivity index (χ3n) is 5.02. The number of alkyl carbamates (subject to hydrolysis) is 1. The highest BCUT2D eigenvalue weighted by Crippen LogP contribution is 2.40. The fourth-order valence-electron chi connectivity index (χ4n) is 3.46. The Morgan fingerprint density at radius 2 is 2.06 bits per heavy atom. The number of rotatable bonds is 6. The molecular weight excluding hydrogens is 410 g/mol. The first-order valence-corrected chi connectivity index (χ1v) is 11.2. The molecule has 0 spiro atoms. The number of aromatic amines is 1. The van der Waals surface area contributed by atoms with Gasteiger partial charge in [-0.3, -0.25) is 5.10 Å². The first-order valence-electron chi connectivity index (χ1n) is 10.4. The topological polar surface area (TPSA) is 83.1 Å². The fourth-order valence-corrected chi connectivity index (χ4v) is 4.52. The summed E-state index contributed by atoms with van der Waals surface area (Å²) in [7, 11) is 0. The van der Waals surface area contributed by atoms with Crippen molar-refractivity contribution in [3.63, 3.8) is 0 Å². The summed E-state index contributed by atoms with van der Waals surface area (Å²) in [5, 5.41) is 11.2. The van der Waals surface area contributed by atoms with Crippen LogP contribution in [-0.4, -0.2) is 41.0 Å². The van der Waals surface area contributed by atoms with Gasteiger partial charge in [-0.15, -0.1) is 17.3 Å². The maximum atomic E-state index is 11.7. The molecule has 7 nitrogen and oxygen atoms in total. The number of hydrogen-bond acceptors (Lipinski definition) is 6. The van der Waals surface area contributed by atoms with Crippen molar-refractivity contribution < 1.29 is 9.53 Å². The van der Waals surface area contributed by atoms with E-state index in [1.165, 1.54) is 19.3 Å². The molecule has 0 radical (unpaired) electrons. The van der Waals surface area contributed by atoms with Gasteiger partial charge in [0.2, 0.25) is 0 Å². The number of anilines is 1. The van der Waals surface area contributed by atoms with Crippen LogP contribution in [0, 0.1) is 11.8 Å². The van der Waals surface area contributed by atoms with Gasteiger partial charge < -0.3 is 15.0 Å². The van der Waals surface area contributed by atoms with E-state index in [2.05, 4.69) is 44.4 Å². The van der Waals surface area contributed by atoms with Crippen molar-refractivity contribution in [3.05, 3.63) is 42.1 Å². The Labute approximate surface area is 185 Å². The molecule has 0 atom stereocenters. The number of nitrogens with one attached hydrogen (secondary N) is 2. The molecule has 1 aromatic carbocycles. The van der Waals surface area contributed by atoms with E-state index in [0.29, 0.717) is 6.54 Å². The molecular formula is C23H25N5O2S. The quantitative estimate of drug-likeness (QED) is 0.559. The summed E-state index contributed by atoms with van der Waals surface area (Å²) in [6.07, 6.45) is 3.12. The minimum Gasteiger partial charge on any atom is -0.436 e. The normalized spacial score (nSPS) is 13.4. The van der Waals surface area contributed by atoms with E-state index in [1.807, 2.05) is 24.3 Å². The minimum atomic E-state index is -0.503. The van der Waals surface area contributed by atoms with Gasteiger partial charge in [-0.05, 0) is 32.3 Å². The largest absolute Gasteiger partial charge is 0.436 e. The zero-order chi connectivity index (χ0) is 21.5. The molecule has 4 rings (SSSR count). The molecule has 2 N–H and O–H groups in total. The van der Waals surface area contributed by atoms with Gasteiger partial charge >= 0.3 is 6.09 Å². The van der Waals surface area contributed by atoms with Crippen molar-refractivity contribution in [2.75, 3.05) is 24.6 Å². The molecule has 1 saturated heterocycles. The number of carbonyl (C=O) groups is 1. The summed E-state index contributed by atoms with van der Waals surface area (Å²) in [6, 6.07) is 12.2. The van der Waals surface area contributed by atoms with Crippen molar-refractivity contribution in [2.45, 2.75) is 32.7 Å². The number of piperidine rings is 1. The van der Waals surface area contributed by atoms with Crippen LogP contribution in [-0.2, 0) is 11.3 Å².